The number of aliphatic hydroxyl groups is 1. The number of nitrogens with one attached hydrogen (secondary N) is 2. The first-order chi connectivity index (χ1) is 23.7. The summed E-state index contributed by atoms with van der Waals surface area (Å²) in [6.07, 6.45) is 0.967. The normalized spacial score (nSPS) is 23.5. The number of ether oxygens (including phenoxy) is 2. The molecule has 2 saturated heterocycles. The number of carbonyl (C=O) groups is 1. The highest BCUT2D eigenvalue weighted by atomic mass is 32.2. The number of hydrogen-bond donors (Lipinski definition) is 3. The van der Waals surface area contributed by atoms with Crippen molar-refractivity contribution in [3.8, 4) is 0 Å². The van der Waals surface area contributed by atoms with Crippen LogP contribution in [-0.4, -0.2) is 124 Å². The third-order valence-electron chi connectivity index (χ3n) is 7.35. The number of thiocarbonyl (C=S) groups is 1. The molecule has 2 aromatic heterocycles. The first-order valence-corrected chi connectivity index (χ1v) is 18.9. The minimum absolute atomic E-state index is 0.0312. The highest BCUT2D eigenvalue weighted by molar-refractivity contribution is 7.91. The van der Waals surface area contributed by atoms with Crippen LogP contribution in [-0.2, 0) is 33.3 Å². The molecule has 0 aliphatic carbocycles. The van der Waals surface area contributed by atoms with Gasteiger partial charge in [0.25, 0.3) is 13.7 Å². The number of amides is 1. The number of aliphatic hydroxyl groups excluding tert-OH is 1. The lowest BCUT2D eigenvalue weighted by molar-refractivity contribution is -0.118. The average Bonchev–Trinajstić information content (AvgIpc) is 3.62. The van der Waals surface area contributed by atoms with Gasteiger partial charge in [-0.25, -0.2) is 32.7 Å². The van der Waals surface area contributed by atoms with Crippen molar-refractivity contribution in [2.75, 3.05) is 43.6 Å². The number of sulfone groups is 1. The number of fused-ring (bicyclic) bond motifs is 1. The van der Waals surface area contributed by atoms with E-state index >= 15 is 0 Å². The molecule has 0 saturated carbocycles. The van der Waals surface area contributed by atoms with Gasteiger partial charge in [0, 0.05) is 46.1 Å². The second-order valence-corrected chi connectivity index (χ2v) is 15.8. The Morgan fingerprint density at radius 2 is 1.94 bits per heavy atom. The molecular weight excluding hydrogens is 683 g/mol. The molecule has 0 radical (unpaired) electrons. The quantitative estimate of drug-likeness (QED) is 0.0897. The summed E-state index contributed by atoms with van der Waals surface area (Å²) in [7, 11) is -3.64. The Labute approximate surface area is 292 Å². The molecule has 4 rings (SSSR count). The zero-order chi connectivity index (χ0) is 37.2. The van der Waals surface area contributed by atoms with E-state index in [1.54, 1.807) is 29.4 Å². The second-order valence-electron chi connectivity index (χ2n) is 11.8. The Bertz CT molecular complexity index is 1520. The van der Waals surface area contributed by atoms with E-state index in [4.69, 9.17) is 33.6 Å². The van der Waals surface area contributed by atoms with E-state index in [0.29, 0.717) is 17.7 Å². The topological polar surface area (TPSA) is 182 Å². The Morgan fingerprint density at radius 1 is 1.27 bits per heavy atom. The van der Waals surface area contributed by atoms with Crippen molar-refractivity contribution in [1.29, 1.82) is 1.43 Å². The van der Waals surface area contributed by atoms with Gasteiger partial charge in [-0.15, -0.1) is 6.58 Å². The molecule has 4 heterocycles. The van der Waals surface area contributed by atoms with E-state index < -0.39 is 42.9 Å². The lowest BCUT2D eigenvalue weighted by Crippen LogP contribution is -2.47. The number of rotatable bonds is 13. The molecule has 2 fully saturated rings. The Hall–Kier alpha value is -2.41. The molecule has 3 N–H and O–H groups in total. The van der Waals surface area contributed by atoms with Crippen molar-refractivity contribution in [3.63, 3.8) is 0 Å². The van der Waals surface area contributed by atoms with Crippen molar-refractivity contribution in [2.24, 2.45) is 5.92 Å². The molecule has 5 atom stereocenters. The van der Waals surface area contributed by atoms with Gasteiger partial charge in [0.05, 0.1) is 23.9 Å². The van der Waals surface area contributed by atoms with Crippen LogP contribution in [0.15, 0.2) is 25.3 Å². The number of nitrogens with zero attached hydrogens (tertiary/aromatic N) is 6. The molecule has 2 unspecified atom stereocenters. The Morgan fingerprint density at radius 3 is 2.52 bits per heavy atom. The van der Waals surface area contributed by atoms with E-state index in [0.717, 1.165) is 0 Å². The zero-order valence-corrected chi connectivity index (χ0v) is 31.0. The van der Waals surface area contributed by atoms with Crippen LogP contribution < -0.4 is 10.8 Å². The van der Waals surface area contributed by atoms with Crippen LogP contribution in [0.4, 0.5) is 5.82 Å². The van der Waals surface area contributed by atoms with E-state index in [2.05, 4.69) is 42.1 Å². The number of anilines is 1. The molecular formula is C29H49N8O8PS2. The van der Waals surface area contributed by atoms with Gasteiger partial charge >= 0.3 is 0 Å². The fourth-order valence-electron chi connectivity index (χ4n) is 5.01. The maximum atomic E-state index is 12.5. The van der Waals surface area contributed by atoms with Crippen LogP contribution in [0.5, 0.6) is 0 Å². The van der Waals surface area contributed by atoms with Gasteiger partial charge in [0.15, 0.2) is 39.2 Å². The van der Waals surface area contributed by atoms with Gasteiger partial charge < -0.3 is 29.3 Å². The minimum atomic E-state index is -3.16. The average molecular weight is 736 g/mol. The summed E-state index contributed by atoms with van der Waals surface area (Å²) >= 11 is 5.71. The van der Waals surface area contributed by atoms with Crippen LogP contribution in [0.2, 0.25) is 0 Å². The number of aromatic nitrogens is 4. The van der Waals surface area contributed by atoms with Crippen LogP contribution in [0.1, 0.15) is 56.0 Å². The van der Waals surface area contributed by atoms with Crippen LogP contribution in [0, 0.1) is 5.92 Å². The number of hydrogen-bond acceptors (Lipinski definition) is 14. The van der Waals surface area contributed by atoms with Crippen molar-refractivity contribution in [3.05, 3.63) is 25.3 Å². The van der Waals surface area contributed by atoms with Crippen molar-refractivity contribution in [1.82, 2.24) is 34.6 Å². The maximum absolute atomic E-state index is 12.5. The summed E-state index contributed by atoms with van der Waals surface area (Å²) in [5, 5.41) is 6.38. The van der Waals surface area contributed by atoms with Gasteiger partial charge in [-0.3, -0.25) is 9.36 Å². The van der Waals surface area contributed by atoms with Crippen molar-refractivity contribution in [2.45, 2.75) is 85.1 Å². The van der Waals surface area contributed by atoms with Crippen molar-refractivity contribution >= 4 is 58.6 Å². The molecule has 2 aromatic rings. The standard InChI is InChI=1S/C28H45N8O7PS2.CH4O/c1-9-10-32-43-44(36(18(4)5)19(6)7)42-22-20(8)40-27(23(22)41-28(45)34-11-13-46(38,39)14-12-34)35-16-31-21-24(29-15-30-25(21)35)33-26(37)17(2)3;1-2/h9,15-20,22-23,27,32H,1,10-14H2,2-8H3,(H,29,30,33,37);2H,1H3/t20-,22+,23+,27?,44?;/m1./s1/i8D;2T. The molecule has 0 spiro atoms. The summed E-state index contributed by atoms with van der Waals surface area (Å²) in [4.78, 5) is 27.3. The molecule has 0 aromatic carbocycles. The lowest BCUT2D eigenvalue weighted by Gasteiger charge is -2.38. The zero-order valence-electron chi connectivity index (χ0n) is 30.4. The number of hydroxylamine groups is 1. The fraction of sp³-hybridized carbons (Fsp3) is 0.690. The summed E-state index contributed by atoms with van der Waals surface area (Å²) in [6.45, 7) is 16.0. The smallest absolute Gasteiger partial charge is 0.277 e. The van der Waals surface area contributed by atoms with E-state index in [9.17, 15) is 13.2 Å². The van der Waals surface area contributed by atoms with Gasteiger partial charge in [0.2, 0.25) is 7.34 Å². The lowest BCUT2D eigenvalue weighted by atomic mass is 10.1. The van der Waals surface area contributed by atoms with Crippen molar-refractivity contribution < 1.29 is 38.3 Å². The van der Waals surface area contributed by atoms with Crippen LogP contribution >= 0.6 is 20.7 Å². The fourth-order valence-corrected chi connectivity index (χ4v) is 8.16. The van der Waals surface area contributed by atoms with Gasteiger partial charge in [0.1, 0.15) is 12.4 Å². The molecule has 270 valence electrons. The molecule has 2 aliphatic rings. The molecule has 0 bridgehead atoms. The predicted molar refractivity (Wildman–Crippen MR) is 187 cm³/mol. The van der Waals surface area contributed by atoms with E-state index in [1.807, 2.05) is 27.7 Å². The Kier molecular flexibility index (Phi) is 13.8. The Balaban J connectivity index is 0.00000217. The summed E-state index contributed by atoms with van der Waals surface area (Å²) in [6, 6.07) is 0.0624. The van der Waals surface area contributed by atoms with Gasteiger partial charge in [-0.2, -0.15) is 5.48 Å². The number of carbonyl (C=O) groups excluding carboxylic acids is 1. The predicted octanol–water partition coefficient (Wildman–Crippen LogP) is 2.79. The highest BCUT2D eigenvalue weighted by Crippen LogP contribution is 2.50. The first kappa shape index (κ1) is 36.9. The van der Waals surface area contributed by atoms with Gasteiger partial charge in [-0.1, -0.05) is 19.9 Å². The molecule has 19 heteroatoms. The van der Waals surface area contributed by atoms with Crippen LogP contribution in [0.3, 0.4) is 0 Å². The number of imidazole rings is 1. The second kappa shape index (κ2) is 18.0. The maximum Gasteiger partial charge on any atom is 0.277 e. The minimum Gasteiger partial charge on any atom is -0.460 e. The summed E-state index contributed by atoms with van der Waals surface area (Å²) < 4.78 is 67.8. The van der Waals surface area contributed by atoms with Gasteiger partial charge in [-0.05, 0) is 46.8 Å². The van der Waals surface area contributed by atoms with E-state index in [1.165, 1.54) is 19.8 Å². The SMILES string of the molecule is [2H]C[C@H]1OC(n2cnc3c(NC(=O)C(C)C)ncnc32)[C@@H](OC(=S)N2CCS(=O)(=O)CC2)[C@H]1OP(ONCC=C)N(C(C)C)C(C)C.[3H]OC. The van der Waals surface area contributed by atoms with E-state index in [-0.39, 0.29) is 66.4 Å². The third kappa shape index (κ3) is 9.85. The van der Waals surface area contributed by atoms with Crippen LogP contribution in [0.25, 0.3) is 11.2 Å². The molecule has 16 nitrogen and oxygen atoms in total. The molecule has 2 aliphatic heterocycles. The monoisotopic (exact) mass is 735 g/mol. The highest BCUT2D eigenvalue weighted by Gasteiger charge is 2.50. The summed E-state index contributed by atoms with van der Waals surface area (Å²) in [5.41, 5.74) is 3.59. The molecule has 48 heavy (non-hydrogen) atoms. The summed E-state index contributed by atoms with van der Waals surface area (Å²) in [5.74, 6) is -0.360. The molecule has 1 amide bonds. The first-order valence-electron chi connectivity index (χ1n) is 16.6. The third-order valence-corrected chi connectivity index (χ3v) is 11.3. The largest absolute Gasteiger partial charge is 0.460 e.